The minimum absolute atomic E-state index is 0.217. The van der Waals surface area contributed by atoms with Crippen LogP contribution in [-0.4, -0.2) is 15.0 Å². The van der Waals surface area contributed by atoms with Gasteiger partial charge in [-0.3, -0.25) is 0 Å². The number of aromatic amines is 1. The van der Waals surface area contributed by atoms with Crippen LogP contribution in [0.1, 0.15) is 5.82 Å². The molecule has 3 aromatic rings. The van der Waals surface area contributed by atoms with E-state index in [2.05, 4.69) is 15.0 Å². The van der Waals surface area contributed by atoms with Crippen LogP contribution in [0.2, 0.25) is 5.02 Å². The SMILES string of the molecule is FC(F)(F)c1ncc2[nH]c3ccc(Cl)cc3c2n1. The fourth-order valence-corrected chi connectivity index (χ4v) is 1.95. The first kappa shape index (κ1) is 11.3. The number of halogens is 4. The van der Waals surface area contributed by atoms with Crippen LogP contribution in [0.4, 0.5) is 13.2 Å². The molecule has 0 amide bonds. The summed E-state index contributed by atoms with van der Waals surface area (Å²) in [6.45, 7) is 0. The first-order valence-corrected chi connectivity index (χ1v) is 5.34. The van der Waals surface area contributed by atoms with Crippen molar-refractivity contribution in [1.29, 1.82) is 0 Å². The molecule has 3 nitrogen and oxygen atoms in total. The molecule has 2 heterocycles. The summed E-state index contributed by atoms with van der Waals surface area (Å²) in [5.41, 5.74) is 1.33. The van der Waals surface area contributed by atoms with Gasteiger partial charge in [-0.1, -0.05) is 11.6 Å². The number of hydrogen-bond donors (Lipinski definition) is 1. The lowest BCUT2D eigenvalue weighted by Gasteiger charge is -2.03. The van der Waals surface area contributed by atoms with Crippen LogP contribution in [0, 0.1) is 0 Å². The number of alkyl halides is 3. The van der Waals surface area contributed by atoms with Crippen LogP contribution in [0.5, 0.6) is 0 Å². The van der Waals surface area contributed by atoms with E-state index in [-0.39, 0.29) is 5.52 Å². The van der Waals surface area contributed by atoms with Gasteiger partial charge in [0.1, 0.15) is 0 Å². The van der Waals surface area contributed by atoms with E-state index in [1.165, 1.54) is 0 Å². The molecule has 3 rings (SSSR count). The summed E-state index contributed by atoms with van der Waals surface area (Å²) >= 11 is 5.83. The van der Waals surface area contributed by atoms with Crippen LogP contribution in [-0.2, 0) is 6.18 Å². The van der Waals surface area contributed by atoms with Crippen LogP contribution in [0.25, 0.3) is 21.9 Å². The highest BCUT2D eigenvalue weighted by Gasteiger charge is 2.34. The normalized spacial score (nSPS) is 12.4. The maximum atomic E-state index is 12.5. The first-order valence-electron chi connectivity index (χ1n) is 4.96. The smallest absolute Gasteiger partial charge is 0.352 e. The number of nitrogens with one attached hydrogen (secondary N) is 1. The van der Waals surface area contributed by atoms with Crippen molar-refractivity contribution in [1.82, 2.24) is 15.0 Å². The second-order valence-electron chi connectivity index (χ2n) is 3.77. The zero-order valence-corrected chi connectivity index (χ0v) is 9.47. The fraction of sp³-hybridized carbons (Fsp3) is 0.0909. The maximum Gasteiger partial charge on any atom is 0.451 e. The summed E-state index contributed by atoms with van der Waals surface area (Å²) in [7, 11) is 0. The Kier molecular flexibility index (Phi) is 2.25. The molecule has 0 radical (unpaired) electrons. The standard InChI is InChI=1S/C11H5ClF3N3/c12-5-1-2-7-6(3-5)9-8(17-7)4-16-10(18-9)11(13,14)15/h1-4,17H. The van der Waals surface area contributed by atoms with E-state index in [1.807, 2.05) is 0 Å². The van der Waals surface area contributed by atoms with Gasteiger partial charge in [-0.15, -0.1) is 0 Å². The molecule has 0 aliphatic rings. The number of benzene rings is 1. The Hall–Kier alpha value is -1.82. The molecule has 0 fully saturated rings. The molecule has 0 saturated carbocycles. The summed E-state index contributed by atoms with van der Waals surface area (Å²) < 4.78 is 37.6. The Morgan fingerprint density at radius 1 is 1.17 bits per heavy atom. The molecular formula is C11H5ClF3N3. The van der Waals surface area contributed by atoms with E-state index in [0.717, 1.165) is 6.20 Å². The highest BCUT2D eigenvalue weighted by atomic mass is 35.5. The van der Waals surface area contributed by atoms with Gasteiger partial charge >= 0.3 is 6.18 Å². The molecule has 2 aromatic heterocycles. The van der Waals surface area contributed by atoms with Gasteiger partial charge in [-0.05, 0) is 18.2 Å². The predicted molar refractivity (Wildman–Crippen MR) is 61.4 cm³/mol. The largest absolute Gasteiger partial charge is 0.451 e. The molecule has 18 heavy (non-hydrogen) atoms. The Morgan fingerprint density at radius 3 is 2.67 bits per heavy atom. The van der Waals surface area contributed by atoms with Crippen molar-refractivity contribution in [3.05, 3.63) is 35.2 Å². The summed E-state index contributed by atoms with van der Waals surface area (Å²) in [4.78, 5) is 9.78. The van der Waals surface area contributed by atoms with Crippen molar-refractivity contribution in [2.45, 2.75) is 6.18 Å². The van der Waals surface area contributed by atoms with E-state index in [9.17, 15) is 13.2 Å². The molecule has 1 N–H and O–H groups in total. The minimum atomic E-state index is -4.56. The molecule has 1 aromatic carbocycles. The van der Waals surface area contributed by atoms with Gasteiger partial charge in [0.2, 0.25) is 5.82 Å². The number of hydrogen-bond acceptors (Lipinski definition) is 2. The van der Waals surface area contributed by atoms with E-state index >= 15 is 0 Å². The quantitative estimate of drug-likeness (QED) is 0.676. The van der Waals surface area contributed by atoms with Gasteiger partial charge in [0.25, 0.3) is 0 Å². The van der Waals surface area contributed by atoms with Crippen molar-refractivity contribution >= 4 is 33.5 Å². The molecule has 7 heteroatoms. The number of fused-ring (bicyclic) bond motifs is 3. The minimum Gasteiger partial charge on any atom is -0.352 e. The van der Waals surface area contributed by atoms with Gasteiger partial charge in [-0.2, -0.15) is 13.2 Å². The Morgan fingerprint density at radius 2 is 1.94 bits per heavy atom. The van der Waals surface area contributed by atoms with E-state index in [4.69, 9.17) is 11.6 Å². The first-order chi connectivity index (χ1) is 8.45. The molecule has 0 aliphatic carbocycles. The predicted octanol–water partition coefficient (Wildman–Crippen LogP) is 3.78. The third-order valence-electron chi connectivity index (χ3n) is 2.55. The molecule has 0 aliphatic heterocycles. The topological polar surface area (TPSA) is 41.6 Å². The lowest BCUT2D eigenvalue weighted by molar-refractivity contribution is -0.144. The van der Waals surface area contributed by atoms with Crippen molar-refractivity contribution in [2.75, 3.05) is 0 Å². The zero-order valence-electron chi connectivity index (χ0n) is 8.72. The fourth-order valence-electron chi connectivity index (χ4n) is 1.78. The van der Waals surface area contributed by atoms with Gasteiger partial charge in [0.05, 0.1) is 17.2 Å². The van der Waals surface area contributed by atoms with Crippen molar-refractivity contribution in [3.63, 3.8) is 0 Å². The number of rotatable bonds is 0. The second kappa shape index (κ2) is 3.58. The molecule has 0 saturated heterocycles. The average Bonchev–Trinajstić information content (AvgIpc) is 2.65. The average molecular weight is 272 g/mol. The van der Waals surface area contributed by atoms with Crippen LogP contribution < -0.4 is 0 Å². The third-order valence-corrected chi connectivity index (χ3v) is 2.78. The molecule has 0 bridgehead atoms. The number of nitrogens with zero attached hydrogens (tertiary/aromatic N) is 2. The lowest BCUT2D eigenvalue weighted by atomic mass is 10.2. The number of aromatic nitrogens is 3. The Bertz CT molecular complexity index is 748. The second-order valence-corrected chi connectivity index (χ2v) is 4.20. The van der Waals surface area contributed by atoms with Crippen LogP contribution in [0.15, 0.2) is 24.4 Å². The van der Waals surface area contributed by atoms with E-state index in [0.29, 0.717) is 21.4 Å². The Labute approximate surface area is 104 Å². The van der Waals surface area contributed by atoms with Crippen molar-refractivity contribution in [3.8, 4) is 0 Å². The van der Waals surface area contributed by atoms with Gasteiger partial charge in [0.15, 0.2) is 0 Å². The molecular weight excluding hydrogens is 267 g/mol. The van der Waals surface area contributed by atoms with Crippen molar-refractivity contribution in [2.24, 2.45) is 0 Å². The summed E-state index contributed by atoms with van der Waals surface area (Å²) in [6.07, 6.45) is -3.44. The molecule has 0 atom stereocenters. The number of H-pyrrole nitrogens is 1. The third kappa shape index (κ3) is 1.69. The van der Waals surface area contributed by atoms with Gasteiger partial charge in [-0.25, -0.2) is 9.97 Å². The highest BCUT2D eigenvalue weighted by molar-refractivity contribution is 6.31. The van der Waals surface area contributed by atoms with Crippen LogP contribution >= 0.6 is 11.6 Å². The van der Waals surface area contributed by atoms with Gasteiger partial charge < -0.3 is 4.98 Å². The molecule has 0 spiro atoms. The van der Waals surface area contributed by atoms with E-state index < -0.39 is 12.0 Å². The molecule has 92 valence electrons. The maximum absolute atomic E-state index is 12.5. The van der Waals surface area contributed by atoms with Crippen molar-refractivity contribution < 1.29 is 13.2 Å². The molecule has 0 unspecified atom stereocenters. The highest BCUT2D eigenvalue weighted by Crippen LogP contribution is 2.30. The summed E-state index contributed by atoms with van der Waals surface area (Å²) in [5, 5.41) is 0.987. The van der Waals surface area contributed by atoms with E-state index in [1.54, 1.807) is 18.2 Å². The van der Waals surface area contributed by atoms with Gasteiger partial charge in [0, 0.05) is 15.9 Å². The lowest BCUT2D eigenvalue weighted by Crippen LogP contribution is -2.10. The zero-order chi connectivity index (χ0) is 12.9. The monoisotopic (exact) mass is 271 g/mol. The summed E-state index contributed by atoms with van der Waals surface area (Å²) in [6, 6.07) is 4.91. The van der Waals surface area contributed by atoms with Crippen LogP contribution in [0.3, 0.4) is 0 Å². The summed E-state index contributed by atoms with van der Waals surface area (Å²) in [5.74, 6) is -1.16. The Balaban J connectivity index is 2.38.